The van der Waals surface area contributed by atoms with Gasteiger partial charge in [-0.15, -0.1) is 0 Å². The summed E-state index contributed by atoms with van der Waals surface area (Å²) in [5, 5.41) is 5.63. The highest BCUT2D eigenvalue weighted by Crippen LogP contribution is 2.16. The van der Waals surface area contributed by atoms with E-state index in [1.54, 1.807) is 12.1 Å². The van der Waals surface area contributed by atoms with Crippen LogP contribution in [0.25, 0.3) is 5.65 Å². The summed E-state index contributed by atoms with van der Waals surface area (Å²) >= 11 is 0. The number of carbonyl (C=O) groups excluding carboxylic acids is 1. The minimum Gasteiger partial charge on any atom is -0.378 e. The quantitative estimate of drug-likeness (QED) is 0.552. The summed E-state index contributed by atoms with van der Waals surface area (Å²) in [7, 11) is 3.97. The molecule has 4 aromatic rings. The zero-order chi connectivity index (χ0) is 20.4. The van der Waals surface area contributed by atoms with E-state index in [1.165, 1.54) is 16.8 Å². The molecule has 2 N–H and O–H groups in total. The Balaban J connectivity index is 1.64. The summed E-state index contributed by atoms with van der Waals surface area (Å²) in [6, 6.07) is 18.7. The first-order chi connectivity index (χ1) is 14.0. The van der Waals surface area contributed by atoms with Crippen LogP contribution in [0.2, 0.25) is 0 Å². The lowest BCUT2D eigenvalue weighted by Crippen LogP contribution is -2.18. The molecule has 7 nitrogen and oxygen atoms in total. The number of anilines is 2. The van der Waals surface area contributed by atoms with Gasteiger partial charge in [0.2, 0.25) is 0 Å². The number of carbonyl (C=O) groups is 1. The minimum absolute atomic E-state index is 0.256. The van der Waals surface area contributed by atoms with Crippen molar-refractivity contribution in [1.29, 1.82) is 0 Å². The highest BCUT2D eigenvalue weighted by molar-refractivity contribution is 6.08. The molecule has 146 valence electrons. The molecule has 0 aliphatic heterocycles. The molecular weight excluding hydrogens is 366 g/mol. The van der Waals surface area contributed by atoms with E-state index in [9.17, 15) is 9.59 Å². The van der Waals surface area contributed by atoms with Crippen molar-refractivity contribution in [2.75, 3.05) is 24.3 Å². The van der Waals surface area contributed by atoms with Crippen LogP contribution in [0.5, 0.6) is 0 Å². The van der Waals surface area contributed by atoms with Crippen LogP contribution in [-0.2, 0) is 6.42 Å². The third-order valence-electron chi connectivity index (χ3n) is 4.66. The third kappa shape index (κ3) is 3.89. The third-order valence-corrected chi connectivity index (χ3v) is 4.66. The van der Waals surface area contributed by atoms with E-state index in [1.807, 2.05) is 61.5 Å². The maximum Gasteiger partial charge on any atom is 0.272 e. The monoisotopic (exact) mass is 387 g/mol. The number of benzene rings is 2. The van der Waals surface area contributed by atoms with Gasteiger partial charge in [-0.1, -0.05) is 30.3 Å². The van der Waals surface area contributed by atoms with Gasteiger partial charge in [-0.05, 0) is 29.8 Å². The maximum atomic E-state index is 12.7. The van der Waals surface area contributed by atoms with E-state index >= 15 is 0 Å². The number of hydrogen-bond donors (Lipinski definition) is 2. The van der Waals surface area contributed by atoms with E-state index < -0.39 is 0 Å². The lowest BCUT2D eigenvalue weighted by atomic mass is 10.1. The molecule has 0 atom stereocenters. The van der Waals surface area contributed by atoms with Crippen molar-refractivity contribution in [3.63, 3.8) is 0 Å². The predicted octanol–water partition coefficient (Wildman–Crippen LogP) is 2.93. The van der Waals surface area contributed by atoms with Gasteiger partial charge >= 0.3 is 0 Å². The van der Waals surface area contributed by atoms with Crippen LogP contribution in [0.15, 0.2) is 71.7 Å². The molecule has 0 saturated carbocycles. The van der Waals surface area contributed by atoms with E-state index in [2.05, 4.69) is 15.4 Å². The fourth-order valence-corrected chi connectivity index (χ4v) is 3.13. The smallest absolute Gasteiger partial charge is 0.272 e. The molecule has 2 heterocycles. The zero-order valence-electron chi connectivity index (χ0n) is 16.2. The van der Waals surface area contributed by atoms with Crippen LogP contribution in [0.1, 0.15) is 21.6 Å². The Hall–Kier alpha value is -3.87. The van der Waals surface area contributed by atoms with Gasteiger partial charge in [-0.25, -0.2) is 9.50 Å². The number of aromatic nitrogens is 3. The summed E-state index contributed by atoms with van der Waals surface area (Å²) < 4.78 is 1.28. The average Bonchev–Trinajstić information content (AvgIpc) is 3.14. The summed E-state index contributed by atoms with van der Waals surface area (Å²) in [4.78, 5) is 31.8. The first kappa shape index (κ1) is 18.5. The predicted molar refractivity (Wildman–Crippen MR) is 114 cm³/mol. The lowest BCUT2D eigenvalue weighted by Gasteiger charge is -2.12. The first-order valence-electron chi connectivity index (χ1n) is 9.24. The van der Waals surface area contributed by atoms with Gasteiger partial charge in [-0.2, -0.15) is 0 Å². The molecule has 4 rings (SSSR count). The van der Waals surface area contributed by atoms with Crippen LogP contribution in [0, 0.1) is 0 Å². The topological polar surface area (TPSA) is 82.5 Å². The van der Waals surface area contributed by atoms with Crippen LogP contribution >= 0.6 is 0 Å². The van der Waals surface area contributed by atoms with Crippen LogP contribution in [0.3, 0.4) is 0 Å². The Kier molecular flexibility index (Phi) is 4.87. The molecule has 0 aliphatic carbocycles. The lowest BCUT2D eigenvalue weighted by molar-refractivity contribution is 0.102. The molecule has 7 heteroatoms. The Labute approximate surface area is 167 Å². The second-order valence-corrected chi connectivity index (χ2v) is 6.99. The van der Waals surface area contributed by atoms with Crippen molar-refractivity contribution in [3.8, 4) is 0 Å². The molecule has 0 fully saturated rings. The number of H-pyrrole nitrogens is 1. The molecule has 0 bridgehead atoms. The highest BCUT2D eigenvalue weighted by atomic mass is 16.2. The number of rotatable bonds is 5. The number of aromatic amines is 1. The van der Waals surface area contributed by atoms with Crippen LogP contribution in [-0.4, -0.2) is 34.6 Å². The molecule has 2 aromatic heterocycles. The molecule has 0 saturated heterocycles. The van der Waals surface area contributed by atoms with Gasteiger partial charge in [-0.3, -0.25) is 14.7 Å². The van der Waals surface area contributed by atoms with Crippen molar-refractivity contribution in [2.45, 2.75) is 6.42 Å². The SMILES string of the molecule is CN(C)c1ccc(Cc2cc(=O)n3[nH]cc(C(=O)Nc4ccccc4)c3n2)cc1. The molecule has 29 heavy (non-hydrogen) atoms. The zero-order valence-corrected chi connectivity index (χ0v) is 16.2. The molecular formula is C22H21N5O2. The standard InChI is InChI=1S/C22H21N5O2/c1-26(2)18-10-8-15(9-11-18)12-17-13-20(28)27-21(24-17)19(14-23-27)22(29)25-16-6-4-3-5-7-16/h3-11,13-14,23H,12H2,1-2H3,(H,25,29). The molecule has 0 aliphatic rings. The number of hydrogen-bond acceptors (Lipinski definition) is 4. The molecule has 0 radical (unpaired) electrons. The average molecular weight is 387 g/mol. The van der Waals surface area contributed by atoms with Gasteiger partial charge in [0.1, 0.15) is 5.56 Å². The van der Waals surface area contributed by atoms with E-state index in [4.69, 9.17) is 0 Å². The highest BCUT2D eigenvalue weighted by Gasteiger charge is 2.16. The molecule has 1 amide bonds. The fraction of sp³-hybridized carbons (Fsp3) is 0.136. The number of para-hydroxylation sites is 1. The Morgan fingerprint density at radius 1 is 1.10 bits per heavy atom. The van der Waals surface area contributed by atoms with Crippen molar-refractivity contribution in [3.05, 3.63) is 94.0 Å². The number of fused-ring (bicyclic) bond motifs is 1. The maximum absolute atomic E-state index is 12.7. The molecule has 2 aromatic carbocycles. The summed E-state index contributed by atoms with van der Waals surface area (Å²) in [6.07, 6.45) is 2.00. The van der Waals surface area contributed by atoms with Gasteiger partial charge < -0.3 is 10.2 Å². The first-order valence-corrected chi connectivity index (χ1v) is 9.24. The summed E-state index contributed by atoms with van der Waals surface area (Å²) in [5.41, 5.74) is 3.80. The van der Waals surface area contributed by atoms with Crippen LogP contribution < -0.4 is 15.8 Å². The van der Waals surface area contributed by atoms with Crippen molar-refractivity contribution in [1.82, 2.24) is 14.6 Å². The number of amides is 1. The Bertz CT molecular complexity index is 1210. The van der Waals surface area contributed by atoms with Gasteiger partial charge in [0.25, 0.3) is 11.5 Å². The van der Waals surface area contributed by atoms with Crippen LogP contribution in [0.4, 0.5) is 11.4 Å². The van der Waals surface area contributed by atoms with Gasteiger partial charge in [0.15, 0.2) is 5.65 Å². The Morgan fingerprint density at radius 2 is 1.83 bits per heavy atom. The molecule has 0 unspecified atom stereocenters. The number of nitrogens with zero attached hydrogens (tertiary/aromatic N) is 3. The van der Waals surface area contributed by atoms with Crippen molar-refractivity contribution >= 4 is 22.9 Å². The van der Waals surface area contributed by atoms with E-state index in [0.717, 1.165) is 11.3 Å². The van der Waals surface area contributed by atoms with E-state index in [0.29, 0.717) is 29.0 Å². The summed E-state index contributed by atoms with van der Waals surface area (Å²) in [6.45, 7) is 0. The molecule has 0 spiro atoms. The minimum atomic E-state index is -0.325. The van der Waals surface area contributed by atoms with Crippen molar-refractivity contribution in [2.24, 2.45) is 0 Å². The largest absolute Gasteiger partial charge is 0.378 e. The van der Waals surface area contributed by atoms with Crippen molar-refractivity contribution < 1.29 is 4.79 Å². The second-order valence-electron chi connectivity index (χ2n) is 6.99. The normalized spacial score (nSPS) is 10.8. The fourth-order valence-electron chi connectivity index (χ4n) is 3.13. The second kappa shape index (κ2) is 7.63. The number of nitrogens with one attached hydrogen (secondary N) is 2. The van der Waals surface area contributed by atoms with Gasteiger partial charge in [0.05, 0.1) is 5.69 Å². The van der Waals surface area contributed by atoms with E-state index in [-0.39, 0.29) is 11.5 Å². The van der Waals surface area contributed by atoms with Gasteiger partial charge in [0, 0.05) is 44.2 Å². The summed E-state index contributed by atoms with van der Waals surface area (Å²) in [5.74, 6) is -0.325. The Morgan fingerprint density at radius 3 is 2.52 bits per heavy atom.